The average Bonchev–Trinajstić information content (AvgIpc) is 2.68. The van der Waals surface area contributed by atoms with Gasteiger partial charge in [-0.15, -0.1) is 0 Å². The van der Waals surface area contributed by atoms with Gasteiger partial charge in [0.2, 0.25) is 0 Å². The Morgan fingerprint density at radius 3 is 2.55 bits per heavy atom. The SMILES string of the molecule is CC(C)Oc1cc(C(O)CN2CCC(N(C)C)CC2)ccc1-c1cccc(N)n1. The van der Waals surface area contributed by atoms with E-state index in [1.165, 1.54) is 0 Å². The number of piperidine rings is 1. The van der Waals surface area contributed by atoms with E-state index in [0.29, 0.717) is 18.4 Å². The zero-order chi connectivity index (χ0) is 21.0. The summed E-state index contributed by atoms with van der Waals surface area (Å²) >= 11 is 0. The molecule has 1 aliphatic rings. The number of nitrogen functional groups attached to an aromatic ring is 1. The van der Waals surface area contributed by atoms with E-state index in [-0.39, 0.29) is 6.10 Å². The van der Waals surface area contributed by atoms with E-state index in [1.54, 1.807) is 6.07 Å². The van der Waals surface area contributed by atoms with Crippen LogP contribution in [0.1, 0.15) is 38.4 Å². The minimum atomic E-state index is -0.553. The largest absolute Gasteiger partial charge is 0.490 e. The summed E-state index contributed by atoms with van der Waals surface area (Å²) in [6.07, 6.45) is 1.75. The number of anilines is 1. The quantitative estimate of drug-likeness (QED) is 0.746. The highest BCUT2D eigenvalue weighted by molar-refractivity contribution is 5.69. The van der Waals surface area contributed by atoms with Crippen molar-refractivity contribution in [3.8, 4) is 17.0 Å². The lowest BCUT2D eigenvalue weighted by atomic mass is 10.0. The fourth-order valence-corrected chi connectivity index (χ4v) is 3.88. The summed E-state index contributed by atoms with van der Waals surface area (Å²) < 4.78 is 6.05. The van der Waals surface area contributed by atoms with Gasteiger partial charge in [0.1, 0.15) is 11.6 Å². The Bertz CT molecular complexity index is 801. The lowest BCUT2D eigenvalue weighted by Gasteiger charge is -2.36. The first-order valence-electron chi connectivity index (χ1n) is 10.4. The van der Waals surface area contributed by atoms with E-state index in [1.807, 2.05) is 44.2 Å². The molecule has 158 valence electrons. The van der Waals surface area contributed by atoms with Gasteiger partial charge in [0.25, 0.3) is 0 Å². The van der Waals surface area contributed by atoms with Crippen molar-refractivity contribution in [1.29, 1.82) is 0 Å². The number of nitrogens with two attached hydrogens (primary N) is 1. The van der Waals surface area contributed by atoms with Crippen molar-refractivity contribution in [2.45, 2.75) is 44.9 Å². The Balaban J connectivity index is 1.75. The number of pyridine rings is 1. The topological polar surface area (TPSA) is 74.9 Å². The normalized spacial score (nSPS) is 17.1. The number of hydrogen-bond acceptors (Lipinski definition) is 6. The molecule has 6 heteroatoms. The van der Waals surface area contributed by atoms with Crippen molar-refractivity contribution in [3.63, 3.8) is 0 Å². The molecule has 0 saturated carbocycles. The summed E-state index contributed by atoms with van der Waals surface area (Å²) in [5.74, 6) is 1.20. The van der Waals surface area contributed by atoms with Gasteiger partial charge in [-0.05, 0) is 83.7 Å². The van der Waals surface area contributed by atoms with Crippen molar-refractivity contribution in [2.24, 2.45) is 0 Å². The molecule has 0 aliphatic carbocycles. The van der Waals surface area contributed by atoms with Gasteiger partial charge in [-0.1, -0.05) is 12.1 Å². The van der Waals surface area contributed by atoms with Crippen LogP contribution >= 0.6 is 0 Å². The first-order valence-corrected chi connectivity index (χ1v) is 10.4. The van der Waals surface area contributed by atoms with Gasteiger partial charge in [0, 0.05) is 18.2 Å². The monoisotopic (exact) mass is 398 g/mol. The van der Waals surface area contributed by atoms with E-state index >= 15 is 0 Å². The number of benzene rings is 1. The van der Waals surface area contributed by atoms with Crippen molar-refractivity contribution in [1.82, 2.24) is 14.8 Å². The third-order valence-corrected chi connectivity index (χ3v) is 5.52. The molecule has 0 radical (unpaired) electrons. The third kappa shape index (κ3) is 5.69. The number of aliphatic hydroxyl groups is 1. The number of aliphatic hydroxyl groups excluding tert-OH is 1. The Labute approximate surface area is 174 Å². The molecule has 1 aromatic heterocycles. The smallest absolute Gasteiger partial charge is 0.129 e. The molecular formula is C23H34N4O2. The van der Waals surface area contributed by atoms with Crippen molar-refractivity contribution in [2.75, 3.05) is 39.5 Å². The van der Waals surface area contributed by atoms with Crippen LogP contribution in [0.25, 0.3) is 11.3 Å². The van der Waals surface area contributed by atoms with Crippen LogP contribution in [0.3, 0.4) is 0 Å². The Morgan fingerprint density at radius 1 is 1.21 bits per heavy atom. The molecule has 0 amide bonds. The molecule has 0 bridgehead atoms. The number of ether oxygens (including phenoxy) is 1. The zero-order valence-corrected chi connectivity index (χ0v) is 18.0. The Hall–Kier alpha value is -2.15. The van der Waals surface area contributed by atoms with Crippen molar-refractivity contribution < 1.29 is 9.84 Å². The second-order valence-corrected chi connectivity index (χ2v) is 8.38. The maximum atomic E-state index is 10.9. The molecule has 3 N–H and O–H groups in total. The second kappa shape index (κ2) is 9.57. The van der Waals surface area contributed by atoms with Gasteiger partial charge in [-0.25, -0.2) is 4.98 Å². The maximum absolute atomic E-state index is 10.9. The van der Waals surface area contributed by atoms with Gasteiger partial charge in [0.05, 0.1) is 17.9 Å². The van der Waals surface area contributed by atoms with Crippen LogP contribution in [0.5, 0.6) is 5.75 Å². The number of hydrogen-bond donors (Lipinski definition) is 2. The molecular weight excluding hydrogens is 364 g/mol. The summed E-state index contributed by atoms with van der Waals surface area (Å²) in [6.45, 7) is 6.65. The highest BCUT2D eigenvalue weighted by Crippen LogP contribution is 2.33. The predicted octanol–water partition coefficient (Wildman–Crippen LogP) is 3.18. The molecule has 0 spiro atoms. The van der Waals surface area contributed by atoms with Gasteiger partial charge in [0.15, 0.2) is 0 Å². The van der Waals surface area contributed by atoms with E-state index in [0.717, 1.165) is 48.5 Å². The lowest BCUT2D eigenvalue weighted by Crippen LogP contribution is -2.43. The van der Waals surface area contributed by atoms with E-state index in [9.17, 15) is 5.11 Å². The molecule has 6 nitrogen and oxygen atoms in total. The molecule has 1 atom stereocenters. The molecule has 1 aliphatic heterocycles. The van der Waals surface area contributed by atoms with Gasteiger partial charge >= 0.3 is 0 Å². The fourth-order valence-electron chi connectivity index (χ4n) is 3.88. The number of β-amino-alcohol motifs (C(OH)–C–C–N with tert-alkyl or cyclic N) is 1. The van der Waals surface area contributed by atoms with Gasteiger partial charge in [-0.2, -0.15) is 0 Å². The van der Waals surface area contributed by atoms with Crippen molar-refractivity contribution in [3.05, 3.63) is 42.0 Å². The molecule has 2 heterocycles. The van der Waals surface area contributed by atoms with Crippen LogP contribution in [0, 0.1) is 0 Å². The predicted molar refractivity (Wildman–Crippen MR) is 118 cm³/mol. The van der Waals surface area contributed by atoms with Crippen LogP contribution in [0.2, 0.25) is 0 Å². The van der Waals surface area contributed by atoms with Crippen LogP contribution in [-0.4, -0.2) is 65.8 Å². The standard InChI is InChI=1S/C23H34N4O2/c1-16(2)29-22-14-17(8-9-19(22)20-6-5-7-23(24)25-20)21(28)15-27-12-10-18(11-13-27)26(3)4/h5-9,14,16,18,21,28H,10-13,15H2,1-4H3,(H2,24,25). The molecule has 1 saturated heterocycles. The Kier molecular flexibility index (Phi) is 7.11. The van der Waals surface area contributed by atoms with Crippen LogP contribution in [0.15, 0.2) is 36.4 Å². The van der Waals surface area contributed by atoms with Crippen LogP contribution in [0.4, 0.5) is 5.82 Å². The van der Waals surface area contributed by atoms with Crippen molar-refractivity contribution >= 4 is 5.82 Å². The summed E-state index contributed by atoms with van der Waals surface area (Å²) in [5, 5.41) is 10.9. The molecule has 1 aromatic carbocycles. The second-order valence-electron chi connectivity index (χ2n) is 8.38. The highest BCUT2D eigenvalue weighted by Gasteiger charge is 2.23. The average molecular weight is 399 g/mol. The van der Waals surface area contributed by atoms with Crippen LogP contribution in [-0.2, 0) is 0 Å². The third-order valence-electron chi connectivity index (χ3n) is 5.52. The van der Waals surface area contributed by atoms with E-state index in [2.05, 4.69) is 28.9 Å². The molecule has 2 aromatic rings. The zero-order valence-electron chi connectivity index (χ0n) is 18.0. The number of rotatable bonds is 7. The number of likely N-dealkylation sites (tertiary alicyclic amines) is 1. The molecule has 29 heavy (non-hydrogen) atoms. The lowest BCUT2D eigenvalue weighted by molar-refractivity contribution is 0.0796. The first-order chi connectivity index (χ1) is 13.8. The Morgan fingerprint density at radius 2 is 1.93 bits per heavy atom. The number of aromatic nitrogens is 1. The summed E-state index contributed by atoms with van der Waals surface area (Å²) in [5.41, 5.74) is 8.38. The highest BCUT2D eigenvalue weighted by atomic mass is 16.5. The molecule has 1 fully saturated rings. The fraction of sp³-hybridized carbons (Fsp3) is 0.522. The van der Waals surface area contributed by atoms with E-state index < -0.39 is 6.10 Å². The van der Waals surface area contributed by atoms with Gasteiger partial charge in [-0.3, -0.25) is 0 Å². The number of nitrogens with zero attached hydrogens (tertiary/aromatic N) is 3. The summed E-state index contributed by atoms with van der Waals surface area (Å²) in [4.78, 5) is 9.07. The minimum Gasteiger partial charge on any atom is -0.490 e. The first kappa shape index (κ1) is 21.6. The van der Waals surface area contributed by atoms with E-state index in [4.69, 9.17) is 10.5 Å². The summed E-state index contributed by atoms with van der Waals surface area (Å²) in [7, 11) is 4.28. The maximum Gasteiger partial charge on any atom is 0.129 e. The minimum absolute atomic E-state index is 0.0206. The van der Waals surface area contributed by atoms with Crippen LogP contribution < -0.4 is 10.5 Å². The summed E-state index contributed by atoms with van der Waals surface area (Å²) in [6, 6.07) is 12.1. The molecule has 1 unspecified atom stereocenters. The molecule has 3 rings (SSSR count). The van der Waals surface area contributed by atoms with Gasteiger partial charge < -0.3 is 25.4 Å².